The average Bonchev–Trinajstić information content (AvgIpc) is 2.85. The lowest BCUT2D eigenvalue weighted by Crippen LogP contribution is -2.17. The largest absolute Gasteiger partial charge is 0.493 e. The summed E-state index contributed by atoms with van der Waals surface area (Å²) < 4.78 is 23.4. The summed E-state index contributed by atoms with van der Waals surface area (Å²) in [5.41, 5.74) is 4.45. The number of halogens is 3. The van der Waals surface area contributed by atoms with Crippen LogP contribution in [0.5, 0.6) is 23.0 Å². The van der Waals surface area contributed by atoms with Gasteiger partial charge in [-0.1, -0.05) is 29.3 Å². The molecule has 36 heavy (non-hydrogen) atoms. The van der Waals surface area contributed by atoms with Crippen LogP contribution in [0.2, 0.25) is 10.0 Å². The normalized spacial score (nSPS) is 10.8. The Bertz CT molecular complexity index is 1250. The fraction of sp³-hybridized carbons (Fsp3) is 0.231. The van der Waals surface area contributed by atoms with Crippen molar-refractivity contribution in [2.24, 2.45) is 5.10 Å². The number of hydrazone groups is 1. The van der Waals surface area contributed by atoms with Crippen LogP contribution in [0.1, 0.15) is 35.3 Å². The third-order valence-electron chi connectivity index (χ3n) is 4.82. The summed E-state index contributed by atoms with van der Waals surface area (Å²) in [5, 5.41) is 5.17. The van der Waals surface area contributed by atoms with Crippen molar-refractivity contribution in [3.05, 3.63) is 78.8 Å². The Kier molecular flexibility index (Phi) is 10.5. The third-order valence-corrected chi connectivity index (χ3v) is 6.21. The number of amides is 1. The van der Waals surface area contributed by atoms with E-state index in [-0.39, 0.29) is 12.5 Å². The molecule has 0 atom stereocenters. The van der Waals surface area contributed by atoms with Crippen LogP contribution >= 0.6 is 45.8 Å². The maximum Gasteiger partial charge on any atom is 0.271 e. The molecule has 0 saturated carbocycles. The molecule has 7 nitrogen and oxygen atoms in total. The van der Waals surface area contributed by atoms with Gasteiger partial charge in [0.2, 0.25) is 0 Å². The van der Waals surface area contributed by atoms with E-state index in [1.807, 2.05) is 26.0 Å². The first kappa shape index (κ1) is 27.9. The molecular weight excluding hydrogens is 618 g/mol. The van der Waals surface area contributed by atoms with Gasteiger partial charge in [-0.2, -0.15) is 5.10 Å². The Balaban J connectivity index is 1.70. The molecule has 0 heterocycles. The highest BCUT2D eigenvalue weighted by Gasteiger charge is 2.14. The summed E-state index contributed by atoms with van der Waals surface area (Å²) in [6.45, 7) is 4.95. The van der Waals surface area contributed by atoms with Crippen LogP contribution in [0.3, 0.4) is 0 Å². The lowest BCUT2D eigenvalue weighted by atomic mass is 10.2. The number of ether oxygens (including phenoxy) is 4. The molecule has 10 heteroatoms. The summed E-state index contributed by atoms with van der Waals surface area (Å²) in [6.07, 6.45) is 1.53. The van der Waals surface area contributed by atoms with E-state index in [0.717, 1.165) is 14.7 Å². The number of carbonyl (C=O) groups is 1. The first-order chi connectivity index (χ1) is 17.4. The quantitative estimate of drug-likeness (QED) is 0.142. The number of carbonyl (C=O) groups excluding carboxylic acids is 1. The Morgan fingerprint density at radius 1 is 0.972 bits per heavy atom. The second-order valence-electron chi connectivity index (χ2n) is 7.29. The van der Waals surface area contributed by atoms with Gasteiger partial charge < -0.3 is 18.9 Å². The van der Waals surface area contributed by atoms with Crippen molar-refractivity contribution in [2.75, 3.05) is 20.3 Å². The standard InChI is InChI=1S/C26H25Cl2IN2O5/c1-4-34-22-9-7-17(12-23(22)35-5-2)26(32)31-30-14-16-10-21(29)25(24(11-16)33-3)36-15-18-6-8-19(27)13-20(18)28/h6-14H,4-5,15H2,1-3H3,(H,31,32)/b30-14+. The van der Waals surface area contributed by atoms with E-state index in [1.54, 1.807) is 43.5 Å². The van der Waals surface area contributed by atoms with E-state index in [4.69, 9.17) is 42.1 Å². The number of hydrogen-bond acceptors (Lipinski definition) is 6. The highest BCUT2D eigenvalue weighted by atomic mass is 127. The maximum absolute atomic E-state index is 12.6. The molecule has 3 rings (SSSR count). The van der Waals surface area contributed by atoms with Gasteiger partial charge in [0.25, 0.3) is 5.91 Å². The zero-order valence-corrected chi connectivity index (χ0v) is 23.6. The minimum atomic E-state index is -0.378. The summed E-state index contributed by atoms with van der Waals surface area (Å²) in [5.74, 6) is 1.81. The molecule has 0 aliphatic rings. The number of rotatable bonds is 11. The van der Waals surface area contributed by atoms with Crippen LogP contribution in [-0.2, 0) is 6.61 Å². The Labute approximate surface area is 233 Å². The second kappa shape index (κ2) is 13.6. The number of hydrogen-bond donors (Lipinski definition) is 1. The SMILES string of the molecule is CCOc1ccc(C(=O)N/N=C/c2cc(I)c(OCc3ccc(Cl)cc3Cl)c(OC)c2)cc1OCC. The van der Waals surface area contributed by atoms with Gasteiger partial charge in [0.05, 0.1) is 30.1 Å². The van der Waals surface area contributed by atoms with Crippen molar-refractivity contribution in [1.29, 1.82) is 0 Å². The van der Waals surface area contributed by atoms with Crippen molar-refractivity contribution in [1.82, 2.24) is 5.43 Å². The van der Waals surface area contributed by atoms with E-state index in [0.29, 0.717) is 51.8 Å². The molecule has 0 spiro atoms. The van der Waals surface area contributed by atoms with Gasteiger partial charge in [-0.05, 0) is 84.5 Å². The van der Waals surface area contributed by atoms with Crippen LogP contribution in [-0.4, -0.2) is 32.4 Å². The molecular formula is C26H25Cl2IN2O5. The van der Waals surface area contributed by atoms with E-state index < -0.39 is 0 Å². The van der Waals surface area contributed by atoms with Crippen LogP contribution in [0, 0.1) is 3.57 Å². The fourth-order valence-electron chi connectivity index (χ4n) is 3.17. The first-order valence-electron chi connectivity index (χ1n) is 11.0. The van der Waals surface area contributed by atoms with Crippen molar-refractivity contribution < 1.29 is 23.7 Å². The smallest absolute Gasteiger partial charge is 0.271 e. The average molecular weight is 643 g/mol. The monoisotopic (exact) mass is 642 g/mol. The number of nitrogens with zero attached hydrogens (tertiary/aromatic N) is 1. The van der Waals surface area contributed by atoms with E-state index >= 15 is 0 Å². The van der Waals surface area contributed by atoms with Gasteiger partial charge in [-0.15, -0.1) is 0 Å². The van der Waals surface area contributed by atoms with Gasteiger partial charge in [0.15, 0.2) is 23.0 Å². The zero-order chi connectivity index (χ0) is 26.1. The lowest BCUT2D eigenvalue weighted by molar-refractivity contribution is 0.0954. The second-order valence-corrected chi connectivity index (χ2v) is 9.29. The van der Waals surface area contributed by atoms with E-state index in [2.05, 4.69) is 33.1 Å². The minimum absolute atomic E-state index is 0.248. The highest BCUT2D eigenvalue weighted by Crippen LogP contribution is 2.35. The molecule has 0 aliphatic heterocycles. The fourth-order valence-corrected chi connectivity index (χ4v) is 4.41. The van der Waals surface area contributed by atoms with Crippen molar-refractivity contribution in [2.45, 2.75) is 20.5 Å². The van der Waals surface area contributed by atoms with Gasteiger partial charge in [0.1, 0.15) is 6.61 Å². The zero-order valence-electron chi connectivity index (χ0n) is 19.9. The Morgan fingerprint density at radius 2 is 1.72 bits per heavy atom. The molecule has 0 saturated heterocycles. The van der Waals surface area contributed by atoms with Gasteiger partial charge in [-0.25, -0.2) is 5.43 Å². The molecule has 1 N–H and O–H groups in total. The Morgan fingerprint density at radius 3 is 2.42 bits per heavy atom. The summed E-state index contributed by atoms with van der Waals surface area (Å²) in [6, 6.07) is 13.9. The molecule has 0 aromatic heterocycles. The van der Waals surface area contributed by atoms with E-state index in [9.17, 15) is 4.79 Å². The van der Waals surface area contributed by atoms with Gasteiger partial charge in [0, 0.05) is 21.2 Å². The highest BCUT2D eigenvalue weighted by molar-refractivity contribution is 14.1. The number of methoxy groups -OCH3 is 1. The molecule has 1 amide bonds. The van der Waals surface area contributed by atoms with Crippen molar-refractivity contribution >= 4 is 57.9 Å². The molecule has 3 aromatic carbocycles. The first-order valence-corrected chi connectivity index (χ1v) is 12.9. The van der Waals surface area contributed by atoms with Crippen LogP contribution in [0.15, 0.2) is 53.6 Å². The molecule has 0 aliphatic carbocycles. The van der Waals surface area contributed by atoms with Crippen LogP contribution in [0.25, 0.3) is 0 Å². The van der Waals surface area contributed by atoms with E-state index in [1.165, 1.54) is 6.21 Å². The topological polar surface area (TPSA) is 78.4 Å². The van der Waals surface area contributed by atoms with Gasteiger partial charge >= 0.3 is 0 Å². The number of benzene rings is 3. The summed E-state index contributed by atoms with van der Waals surface area (Å²) >= 11 is 14.4. The summed E-state index contributed by atoms with van der Waals surface area (Å²) in [7, 11) is 1.55. The van der Waals surface area contributed by atoms with Crippen molar-refractivity contribution in [3.63, 3.8) is 0 Å². The molecule has 0 unspecified atom stereocenters. The molecule has 0 fully saturated rings. The number of nitrogens with one attached hydrogen (secondary N) is 1. The molecule has 0 bridgehead atoms. The lowest BCUT2D eigenvalue weighted by Gasteiger charge is -2.14. The molecule has 190 valence electrons. The Hall–Kier alpha value is -2.69. The maximum atomic E-state index is 12.6. The predicted molar refractivity (Wildman–Crippen MR) is 150 cm³/mol. The van der Waals surface area contributed by atoms with Gasteiger partial charge in [-0.3, -0.25) is 4.79 Å². The molecule has 0 radical (unpaired) electrons. The van der Waals surface area contributed by atoms with Crippen LogP contribution in [0.4, 0.5) is 0 Å². The van der Waals surface area contributed by atoms with Crippen molar-refractivity contribution in [3.8, 4) is 23.0 Å². The van der Waals surface area contributed by atoms with Crippen LogP contribution < -0.4 is 24.4 Å². The predicted octanol–water partition coefficient (Wildman–Crippen LogP) is 6.75. The minimum Gasteiger partial charge on any atom is -0.493 e. The molecule has 3 aromatic rings. The third kappa shape index (κ3) is 7.41. The summed E-state index contributed by atoms with van der Waals surface area (Å²) in [4.78, 5) is 12.6.